The standard InChI is InChI=1S/C15H26O4/c1-10(9-13(16)19-15(4,5)6)7-8-11(2)12(3)14(17)18/h9,11-12H,7-8H2,1-6H3,(H,17,18). The molecule has 110 valence electrons. The molecule has 0 aromatic rings. The average molecular weight is 270 g/mol. The summed E-state index contributed by atoms with van der Waals surface area (Å²) >= 11 is 0. The topological polar surface area (TPSA) is 63.6 Å². The Hall–Kier alpha value is -1.32. The van der Waals surface area contributed by atoms with Crippen molar-refractivity contribution in [1.82, 2.24) is 0 Å². The van der Waals surface area contributed by atoms with Crippen LogP contribution in [0.5, 0.6) is 0 Å². The second kappa shape index (κ2) is 7.31. The summed E-state index contributed by atoms with van der Waals surface area (Å²) < 4.78 is 5.19. The van der Waals surface area contributed by atoms with Crippen molar-refractivity contribution in [3.63, 3.8) is 0 Å². The SMILES string of the molecule is CC(=CC(=O)OC(C)(C)C)CCC(C)C(C)C(=O)O. The van der Waals surface area contributed by atoms with Crippen LogP contribution in [0.4, 0.5) is 0 Å². The van der Waals surface area contributed by atoms with E-state index in [1.54, 1.807) is 6.92 Å². The third-order valence-electron chi connectivity index (χ3n) is 3.01. The number of ether oxygens (including phenoxy) is 1. The Bertz CT molecular complexity index is 350. The van der Waals surface area contributed by atoms with Crippen LogP contribution in [0.3, 0.4) is 0 Å². The smallest absolute Gasteiger partial charge is 0.331 e. The molecule has 0 amide bonds. The van der Waals surface area contributed by atoms with Gasteiger partial charge in [-0.15, -0.1) is 0 Å². The molecule has 0 aliphatic rings. The second-order valence-electron chi connectivity index (χ2n) is 6.17. The lowest BCUT2D eigenvalue weighted by Crippen LogP contribution is -2.22. The summed E-state index contributed by atoms with van der Waals surface area (Å²) in [5.74, 6) is -1.40. The Balaban J connectivity index is 4.27. The van der Waals surface area contributed by atoms with E-state index in [9.17, 15) is 9.59 Å². The van der Waals surface area contributed by atoms with E-state index in [2.05, 4.69) is 0 Å². The number of carboxylic acids is 1. The van der Waals surface area contributed by atoms with Gasteiger partial charge >= 0.3 is 11.9 Å². The van der Waals surface area contributed by atoms with Crippen molar-refractivity contribution < 1.29 is 19.4 Å². The van der Waals surface area contributed by atoms with Crippen LogP contribution in [-0.2, 0) is 14.3 Å². The number of aliphatic carboxylic acids is 1. The van der Waals surface area contributed by atoms with E-state index in [0.29, 0.717) is 6.42 Å². The Morgan fingerprint density at radius 3 is 2.21 bits per heavy atom. The minimum absolute atomic E-state index is 0.0829. The number of hydrogen-bond donors (Lipinski definition) is 1. The molecule has 0 spiro atoms. The van der Waals surface area contributed by atoms with Gasteiger partial charge < -0.3 is 9.84 Å². The van der Waals surface area contributed by atoms with Crippen molar-refractivity contribution in [2.24, 2.45) is 11.8 Å². The minimum Gasteiger partial charge on any atom is -0.481 e. The fourth-order valence-corrected chi connectivity index (χ4v) is 1.55. The zero-order valence-corrected chi connectivity index (χ0v) is 12.8. The molecular weight excluding hydrogens is 244 g/mol. The summed E-state index contributed by atoms with van der Waals surface area (Å²) in [4.78, 5) is 22.4. The number of carbonyl (C=O) groups is 2. The van der Waals surface area contributed by atoms with Crippen LogP contribution in [0.25, 0.3) is 0 Å². The van der Waals surface area contributed by atoms with E-state index in [1.807, 2.05) is 34.6 Å². The average Bonchev–Trinajstić information content (AvgIpc) is 2.21. The van der Waals surface area contributed by atoms with Gasteiger partial charge in [0.1, 0.15) is 5.60 Å². The lowest BCUT2D eigenvalue weighted by molar-refractivity contribution is -0.148. The molecule has 0 aromatic carbocycles. The molecule has 0 heterocycles. The van der Waals surface area contributed by atoms with Gasteiger partial charge in [-0.1, -0.05) is 19.4 Å². The molecule has 1 N–H and O–H groups in total. The second-order valence-corrected chi connectivity index (χ2v) is 6.17. The highest BCUT2D eigenvalue weighted by molar-refractivity contribution is 5.83. The van der Waals surface area contributed by atoms with Gasteiger partial charge in [0.25, 0.3) is 0 Å². The predicted molar refractivity (Wildman–Crippen MR) is 74.8 cm³/mol. The number of allylic oxidation sites excluding steroid dienone is 1. The van der Waals surface area contributed by atoms with E-state index >= 15 is 0 Å². The molecule has 0 aliphatic heterocycles. The van der Waals surface area contributed by atoms with E-state index < -0.39 is 11.6 Å². The van der Waals surface area contributed by atoms with Crippen molar-refractivity contribution in [3.05, 3.63) is 11.6 Å². The maximum Gasteiger partial charge on any atom is 0.331 e. The first-order valence-corrected chi connectivity index (χ1v) is 6.66. The highest BCUT2D eigenvalue weighted by Crippen LogP contribution is 2.20. The highest BCUT2D eigenvalue weighted by atomic mass is 16.6. The van der Waals surface area contributed by atoms with E-state index in [0.717, 1.165) is 12.0 Å². The zero-order chi connectivity index (χ0) is 15.2. The van der Waals surface area contributed by atoms with E-state index in [1.165, 1.54) is 6.08 Å². The summed E-state index contributed by atoms with van der Waals surface area (Å²) in [6, 6.07) is 0. The van der Waals surface area contributed by atoms with E-state index in [-0.39, 0.29) is 17.8 Å². The first-order chi connectivity index (χ1) is 8.53. The summed E-state index contributed by atoms with van der Waals surface area (Å²) in [6.07, 6.45) is 2.94. The van der Waals surface area contributed by atoms with Crippen LogP contribution in [0.15, 0.2) is 11.6 Å². The lowest BCUT2D eigenvalue weighted by atomic mass is 9.90. The first kappa shape index (κ1) is 17.7. The number of hydrogen-bond acceptors (Lipinski definition) is 3. The summed E-state index contributed by atoms with van der Waals surface area (Å²) in [5, 5.41) is 8.90. The van der Waals surface area contributed by atoms with Gasteiger partial charge in [-0.2, -0.15) is 0 Å². The third kappa shape index (κ3) is 8.41. The van der Waals surface area contributed by atoms with Crippen molar-refractivity contribution in [2.75, 3.05) is 0 Å². The normalized spacial score (nSPS) is 15.8. The molecule has 0 saturated heterocycles. The number of rotatable bonds is 6. The Labute approximate surface area is 115 Å². The minimum atomic E-state index is -0.777. The van der Waals surface area contributed by atoms with Crippen molar-refractivity contribution in [2.45, 2.75) is 60.0 Å². The summed E-state index contributed by atoms with van der Waals surface area (Å²) in [7, 11) is 0. The molecule has 2 unspecified atom stereocenters. The van der Waals surface area contributed by atoms with Crippen LogP contribution >= 0.6 is 0 Å². The van der Waals surface area contributed by atoms with Gasteiger partial charge in [-0.05, 0) is 46.5 Å². The van der Waals surface area contributed by atoms with Gasteiger partial charge in [0.05, 0.1) is 5.92 Å². The molecule has 0 saturated carbocycles. The van der Waals surface area contributed by atoms with Crippen LogP contribution in [0, 0.1) is 11.8 Å². The molecule has 19 heavy (non-hydrogen) atoms. The Morgan fingerprint density at radius 2 is 1.79 bits per heavy atom. The lowest BCUT2D eigenvalue weighted by Gasteiger charge is -2.19. The number of esters is 1. The highest BCUT2D eigenvalue weighted by Gasteiger charge is 2.19. The molecule has 0 radical (unpaired) electrons. The zero-order valence-electron chi connectivity index (χ0n) is 12.8. The fraction of sp³-hybridized carbons (Fsp3) is 0.733. The maximum absolute atomic E-state index is 11.6. The molecule has 0 aliphatic carbocycles. The third-order valence-corrected chi connectivity index (χ3v) is 3.01. The molecular formula is C15H26O4. The Kier molecular flexibility index (Phi) is 6.81. The number of carbonyl (C=O) groups excluding carboxylic acids is 1. The molecule has 2 atom stereocenters. The fourth-order valence-electron chi connectivity index (χ4n) is 1.55. The number of carboxylic acid groups (broad SMARTS) is 1. The molecule has 4 nitrogen and oxygen atoms in total. The van der Waals surface area contributed by atoms with Crippen LogP contribution in [-0.4, -0.2) is 22.6 Å². The largest absolute Gasteiger partial charge is 0.481 e. The molecule has 0 aromatic heterocycles. The molecule has 4 heteroatoms. The quantitative estimate of drug-likeness (QED) is 0.593. The van der Waals surface area contributed by atoms with Gasteiger partial charge in [-0.25, -0.2) is 4.79 Å². The summed E-state index contributed by atoms with van der Waals surface area (Å²) in [5.41, 5.74) is 0.428. The molecule has 0 bridgehead atoms. The van der Waals surface area contributed by atoms with Crippen molar-refractivity contribution in [3.8, 4) is 0 Å². The molecule has 0 rings (SSSR count). The van der Waals surface area contributed by atoms with Crippen molar-refractivity contribution >= 4 is 11.9 Å². The van der Waals surface area contributed by atoms with Crippen LogP contribution in [0.2, 0.25) is 0 Å². The summed E-state index contributed by atoms with van der Waals surface area (Å²) in [6.45, 7) is 11.0. The van der Waals surface area contributed by atoms with E-state index in [4.69, 9.17) is 9.84 Å². The monoisotopic (exact) mass is 270 g/mol. The molecule has 0 fully saturated rings. The predicted octanol–water partition coefficient (Wildman–Crippen LogP) is 3.41. The van der Waals surface area contributed by atoms with Crippen molar-refractivity contribution in [1.29, 1.82) is 0 Å². The van der Waals surface area contributed by atoms with Gasteiger partial charge in [0.15, 0.2) is 0 Å². The maximum atomic E-state index is 11.6. The Morgan fingerprint density at radius 1 is 1.26 bits per heavy atom. The van der Waals surface area contributed by atoms with Crippen LogP contribution in [0.1, 0.15) is 54.4 Å². The van der Waals surface area contributed by atoms with Crippen LogP contribution < -0.4 is 0 Å². The van der Waals surface area contributed by atoms with Gasteiger partial charge in [-0.3, -0.25) is 4.79 Å². The van der Waals surface area contributed by atoms with Gasteiger partial charge in [0.2, 0.25) is 0 Å². The van der Waals surface area contributed by atoms with Gasteiger partial charge in [0, 0.05) is 6.08 Å². The first-order valence-electron chi connectivity index (χ1n) is 6.66.